The van der Waals surface area contributed by atoms with Crippen LogP contribution in [0.1, 0.15) is 49.2 Å². The van der Waals surface area contributed by atoms with Crippen LogP contribution in [0.4, 0.5) is 0 Å². The van der Waals surface area contributed by atoms with E-state index in [2.05, 4.69) is 30.8 Å². The fourth-order valence-electron chi connectivity index (χ4n) is 4.29. The highest BCUT2D eigenvalue weighted by Crippen LogP contribution is 2.33. The summed E-state index contributed by atoms with van der Waals surface area (Å²) in [5.41, 5.74) is 3.01. The molecule has 3 aromatic rings. The first-order valence-corrected chi connectivity index (χ1v) is 13.8. The first-order chi connectivity index (χ1) is 18.2. The van der Waals surface area contributed by atoms with Crippen LogP contribution in [0.5, 0.6) is 0 Å². The lowest BCUT2D eigenvalue weighted by Crippen LogP contribution is -2.32. The number of carbonyl (C=O) groups excluding carboxylic acids is 1. The Hall–Kier alpha value is -2.35. The summed E-state index contributed by atoms with van der Waals surface area (Å²) in [7, 11) is 0. The molecule has 1 heterocycles. The van der Waals surface area contributed by atoms with Gasteiger partial charge >= 0.3 is 0 Å². The van der Waals surface area contributed by atoms with E-state index in [-0.39, 0.29) is 11.5 Å². The molecule has 1 aromatic heterocycles. The number of benzene rings is 2. The Morgan fingerprint density at radius 2 is 1.74 bits per heavy atom. The number of hydrogen-bond acceptors (Lipinski definition) is 4. The van der Waals surface area contributed by atoms with Crippen molar-refractivity contribution in [2.45, 2.75) is 45.6 Å². The van der Waals surface area contributed by atoms with Gasteiger partial charge in [-0.15, -0.1) is 6.58 Å². The van der Waals surface area contributed by atoms with E-state index >= 15 is 0 Å². The van der Waals surface area contributed by atoms with Gasteiger partial charge in [-0.3, -0.25) is 4.79 Å². The average molecular weight is 579 g/mol. The zero-order valence-electron chi connectivity index (χ0n) is 22.0. The fourth-order valence-corrected chi connectivity index (χ4v) is 4.90. The van der Waals surface area contributed by atoms with Crippen LogP contribution in [-0.2, 0) is 9.47 Å². The molecular weight excluding hydrogens is 545 g/mol. The van der Waals surface area contributed by atoms with Gasteiger partial charge < -0.3 is 14.8 Å². The molecule has 3 rings (SSSR count). The average Bonchev–Trinajstić information content (AvgIpc) is 3.24. The Morgan fingerprint density at radius 1 is 1.05 bits per heavy atom. The molecule has 2 aromatic carbocycles. The summed E-state index contributed by atoms with van der Waals surface area (Å²) in [6.07, 6.45) is 4.53. The maximum absolute atomic E-state index is 13.1. The van der Waals surface area contributed by atoms with Gasteiger partial charge in [0.2, 0.25) is 0 Å². The molecule has 0 radical (unpaired) electrons. The lowest BCUT2D eigenvalue weighted by atomic mass is 9.93. The van der Waals surface area contributed by atoms with E-state index in [9.17, 15) is 4.79 Å². The van der Waals surface area contributed by atoms with E-state index in [4.69, 9.17) is 44.3 Å². The van der Waals surface area contributed by atoms with Gasteiger partial charge in [-0.25, -0.2) is 4.68 Å². The highest BCUT2D eigenvalue weighted by molar-refractivity contribution is 6.35. The van der Waals surface area contributed by atoms with Crippen LogP contribution < -0.4 is 5.32 Å². The molecule has 1 N–H and O–H groups in total. The summed E-state index contributed by atoms with van der Waals surface area (Å²) in [6.45, 7) is 11.5. The van der Waals surface area contributed by atoms with E-state index < -0.39 is 0 Å². The highest BCUT2D eigenvalue weighted by Gasteiger charge is 2.25. The van der Waals surface area contributed by atoms with Gasteiger partial charge in [-0.05, 0) is 56.5 Å². The normalized spacial score (nSPS) is 11.5. The molecule has 0 aliphatic carbocycles. The van der Waals surface area contributed by atoms with Gasteiger partial charge in [-0.1, -0.05) is 66.9 Å². The summed E-state index contributed by atoms with van der Waals surface area (Å²) in [5, 5.41) is 9.07. The SMILES string of the molecule is C=CCC(CC)(CC)OCCOCCNC(=O)c1nn(-c2ccc(Cl)cc2Cl)c(-c2ccc(Cl)cc2)c1C. The molecule has 0 spiro atoms. The molecule has 0 saturated heterocycles. The van der Waals surface area contributed by atoms with E-state index in [1.807, 2.05) is 25.1 Å². The minimum Gasteiger partial charge on any atom is -0.377 e. The topological polar surface area (TPSA) is 65.4 Å². The molecule has 0 unspecified atom stereocenters. The number of halogens is 3. The Balaban J connectivity index is 1.68. The number of aromatic nitrogens is 2. The van der Waals surface area contributed by atoms with Crippen LogP contribution in [0.3, 0.4) is 0 Å². The quantitative estimate of drug-likeness (QED) is 0.157. The second-order valence-corrected chi connectivity index (χ2v) is 10.2. The number of nitrogens with zero attached hydrogens (tertiary/aromatic N) is 2. The zero-order valence-corrected chi connectivity index (χ0v) is 24.3. The van der Waals surface area contributed by atoms with E-state index in [1.54, 1.807) is 35.0 Å². The minimum atomic E-state index is -0.302. The molecule has 0 atom stereocenters. The zero-order chi connectivity index (χ0) is 27.7. The van der Waals surface area contributed by atoms with Crippen LogP contribution in [-0.4, -0.2) is 47.7 Å². The minimum absolute atomic E-state index is 0.190. The van der Waals surface area contributed by atoms with Crippen LogP contribution in [0.15, 0.2) is 55.1 Å². The van der Waals surface area contributed by atoms with Crippen molar-refractivity contribution < 1.29 is 14.3 Å². The van der Waals surface area contributed by atoms with Crippen LogP contribution in [0, 0.1) is 6.92 Å². The number of carbonyl (C=O) groups is 1. The first-order valence-electron chi connectivity index (χ1n) is 12.7. The molecule has 0 aliphatic heterocycles. The number of hydrogen-bond donors (Lipinski definition) is 1. The summed E-state index contributed by atoms with van der Waals surface area (Å²) in [4.78, 5) is 13.1. The van der Waals surface area contributed by atoms with Gasteiger partial charge in [0, 0.05) is 27.7 Å². The number of ether oxygens (including phenoxy) is 2. The third kappa shape index (κ3) is 7.39. The van der Waals surface area contributed by atoms with Crippen molar-refractivity contribution >= 4 is 40.7 Å². The Morgan fingerprint density at radius 3 is 2.37 bits per heavy atom. The lowest BCUT2D eigenvalue weighted by Gasteiger charge is -2.30. The molecule has 9 heteroatoms. The molecule has 0 bridgehead atoms. The van der Waals surface area contributed by atoms with Crippen molar-refractivity contribution in [2.24, 2.45) is 0 Å². The summed E-state index contributed by atoms with van der Waals surface area (Å²) in [6, 6.07) is 12.5. The maximum Gasteiger partial charge on any atom is 0.272 e. The number of nitrogens with one attached hydrogen (secondary N) is 1. The second kappa shape index (κ2) is 14.2. The summed E-state index contributed by atoms with van der Waals surface area (Å²) < 4.78 is 13.4. The molecule has 0 saturated carbocycles. The maximum atomic E-state index is 13.1. The third-order valence-electron chi connectivity index (χ3n) is 6.57. The Kier molecular flexibility index (Phi) is 11.2. The van der Waals surface area contributed by atoms with E-state index in [0.717, 1.165) is 30.5 Å². The third-order valence-corrected chi connectivity index (χ3v) is 7.36. The molecule has 0 aliphatic rings. The van der Waals surface area contributed by atoms with Crippen molar-refractivity contribution in [3.8, 4) is 16.9 Å². The van der Waals surface area contributed by atoms with Gasteiger partial charge in [0.25, 0.3) is 5.91 Å². The monoisotopic (exact) mass is 577 g/mol. The predicted octanol–water partition coefficient (Wildman–Crippen LogP) is 7.71. The van der Waals surface area contributed by atoms with Crippen molar-refractivity contribution in [2.75, 3.05) is 26.4 Å². The van der Waals surface area contributed by atoms with Crippen LogP contribution in [0.2, 0.25) is 15.1 Å². The van der Waals surface area contributed by atoms with Crippen molar-refractivity contribution in [3.05, 3.63) is 81.4 Å². The van der Waals surface area contributed by atoms with Crippen molar-refractivity contribution in [1.29, 1.82) is 0 Å². The van der Waals surface area contributed by atoms with Crippen LogP contribution >= 0.6 is 34.8 Å². The molecule has 0 fully saturated rings. The second-order valence-electron chi connectivity index (χ2n) is 8.94. The molecular formula is C29H34Cl3N3O3. The van der Waals surface area contributed by atoms with E-state index in [0.29, 0.717) is 58.4 Å². The highest BCUT2D eigenvalue weighted by atomic mass is 35.5. The largest absolute Gasteiger partial charge is 0.377 e. The smallest absolute Gasteiger partial charge is 0.272 e. The van der Waals surface area contributed by atoms with Gasteiger partial charge in [-0.2, -0.15) is 5.10 Å². The van der Waals surface area contributed by atoms with Gasteiger partial charge in [0.1, 0.15) is 0 Å². The van der Waals surface area contributed by atoms with Gasteiger partial charge in [0.05, 0.1) is 41.8 Å². The Bertz CT molecular complexity index is 1240. The van der Waals surface area contributed by atoms with Crippen molar-refractivity contribution in [3.63, 3.8) is 0 Å². The predicted molar refractivity (Wildman–Crippen MR) is 156 cm³/mol. The molecule has 204 valence electrons. The van der Waals surface area contributed by atoms with Crippen molar-refractivity contribution in [1.82, 2.24) is 15.1 Å². The standard InChI is InChI=1S/C29H34Cl3N3O3/c1-5-14-29(6-2,7-3)38-18-17-37-16-15-33-28(36)26-20(4)27(21-8-10-22(30)11-9-21)35(34-26)25-13-12-23(31)19-24(25)32/h5,8-13,19H,1,6-7,14-18H2,2-4H3,(H,33,36). The lowest BCUT2D eigenvalue weighted by molar-refractivity contribution is -0.0703. The fraction of sp³-hybridized carbons (Fsp3) is 0.379. The van der Waals surface area contributed by atoms with Gasteiger partial charge in [0.15, 0.2) is 5.69 Å². The summed E-state index contributed by atoms with van der Waals surface area (Å²) in [5.74, 6) is -0.302. The van der Waals surface area contributed by atoms with E-state index in [1.165, 1.54) is 0 Å². The molecule has 1 amide bonds. The first kappa shape index (κ1) is 30.2. The Labute approximate surface area is 239 Å². The molecule has 38 heavy (non-hydrogen) atoms. The van der Waals surface area contributed by atoms with Crippen LogP contribution in [0.25, 0.3) is 16.9 Å². The molecule has 6 nitrogen and oxygen atoms in total. The number of amides is 1. The number of rotatable bonds is 14. The summed E-state index contributed by atoms with van der Waals surface area (Å²) >= 11 is 18.7.